The van der Waals surface area contributed by atoms with E-state index in [1.54, 1.807) is 24.3 Å². The Hall–Kier alpha value is -3.49. The van der Waals surface area contributed by atoms with Crippen molar-refractivity contribution in [1.82, 2.24) is 0 Å². The number of carbonyl (C=O) groups is 1. The minimum absolute atomic E-state index is 0.0369. The maximum absolute atomic E-state index is 15.0. The predicted octanol–water partition coefficient (Wildman–Crippen LogP) is 5.65. The number of aliphatic hydroxyl groups excluding tert-OH is 2. The summed E-state index contributed by atoms with van der Waals surface area (Å²) in [6, 6.07) is 14.0. The van der Waals surface area contributed by atoms with Crippen LogP contribution in [-0.4, -0.2) is 30.4 Å². The molecule has 0 saturated heterocycles. The van der Waals surface area contributed by atoms with Crippen LogP contribution in [0.5, 0.6) is 11.5 Å². The van der Waals surface area contributed by atoms with E-state index >= 15 is 4.39 Å². The van der Waals surface area contributed by atoms with Crippen LogP contribution in [0.1, 0.15) is 55.1 Å². The summed E-state index contributed by atoms with van der Waals surface area (Å²) in [5.41, 5.74) is 1.66. The monoisotopic (exact) mass is 512 g/mol. The Morgan fingerprint density at radius 2 is 1.76 bits per heavy atom. The summed E-state index contributed by atoms with van der Waals surface area (Å²) >= 11 is 0. The van der Waals surface area contributed by atoms with Crippen molar-refractivity contribution >= 4 is 5.97 Å². The lowest BCUT2D eigenvalue weighted by Crippen LogP contribution is -2.12. The summed E-state index contributed by atoms with van der Waals surface area (Å²) in [6.45, 7) is 1.94. The number of halogens is 2. The normalized spacial score (nSPS) is 15.5. The minimum atomic E-state index is -1.38. The molecule has 4 rings (SSSR count). The van der Waals surface area contributed by atoms with Crippen LogP contribution >= 0.6 is 0 Å². The Balaban J connectivity index is 1.62. The number of aliphatic hydroxyl groups is 2. The van der Waals surface area contributed by atoms with Crippen LogP contribution in [-0.2, 0) is 16.1 Å². The van der Waals surface area contributed by atoms with Gasteiger partial charge in [0.05, 0.1) is 32.8 Å². The van der Waals surface area contributed by atoms with Gasteiger partial charge in [-0.25, -0.2) is 8.78 Å². The standard InChI is InChI=1S/C29H30F2O6/c1-29(11-12-29)28(34)22-13-17(7-9-19(22)21-14-18(35-2)8-10-23(21)30)16-37-25-6-4-5-20(27(25)31)24(32)15-26(33)36-3/h4-10,13-14,24,28,32,34H,11-12,15-16H2,1-3H3/t24-,28?/m1/s1. The molecule has 0 radical (unpaired) electrons. The van der Waals surface area contributed by atoms with Crippen LogP contribution in [0.4, 0.5) is 8.78 Å². The molecule has 1 aliphatic rings. The fourth-order valence-electron chi connectivity index (χ4n) is 4.27. The molecule has 1 aliphatic carbocycles. The highest BCUT2D eigenvalue weighted by Gasteiger charge is 2.45. The van der Waals surface area contributed by atoms with E-state index in [1.165, 1.54) is 44.6 Å². The van der Waals surface area contributed by atoms with Crippen molar-refractivity contribution in [2.75, 3.05) is 14.2 Å². The van der Waals surface area contributed by atoms with Gasteiger partial charge < -0.3 is 24.4 Å². The third-order valence-electron chi connectivity index (χ3n) is 6.91. The molecule has 3 aromatic rings. The summed E-state index contributed by atoms with van der Waals surface area (Å²) in [4.78, 5) is 11.5. The van der Waals surface area contributed by atoms with Crippen LogP contribution in [0.3, 0.4) is 0 Å². The molecule has 0 heterocycles. The maximum atomic E-state index is 15.0. The van der Waals surface area contributed by atoms with Crippen LogP contribution in [0.25, 0.3) is 11.1 Å². The summed E-state index contributed by atoms with van der Waals surface area (Å²) in [6.07, 6.45) is -0.906. The first kappa shape index (κ1) is 26.6. The molecular formula is C29H30F2O6. The lowest BCUT2D eigenvalue weighted by Gasteiger charge is -2.23. The Kier molecular flexibility index (Phi) is 7.80. The second-order valence-corrected chi connectivity index (χ2v) is 9.57. The zero-order valence-electron chi connectivity index (χ0n) is 21.0. The molecule has 0 amide bonds. The summed E-state index contributed by atoms with van der Waals surface area (Å²) in [5.74, 6) is -1.49. The van der Waals surface area contributed by atoms with Crippen LogP contribution < -0.4 is 9.47 Å². The van der Waals surface area contributed by atoms with Gasteiger partial charge in [-0.1, -0.05) is 31.2 Å². The van der Waals surface area contributed by atoms with Gasteiger partial charge in [0.2, 0.25) is 0 Å². The Labute approximate surface area is 214 Å². The molecule has 2 atom stereocenters. The number of hydrogen-bond donors (Lipinski definition) is 2. The summed E-state index contributed by atoms with van der Waals surface area (Å²) < 4.78 is 45.3. The fourth-order valence-corrected chi connectivity index (χ4v) is 4.27. The molecule has 8 heteroatoms. The molecular weight excluding hydrogens is 482 g/mol. The smallest absolute Gasteiger partial charge is 0.308 e. The van der Waals surface area contributed by atoms with Crippen molar-refractivity contribution in [3.05, 3.63) is 82.9 Å². The SMILES string of the molecule is COC(=O)C[C@@H](O)c1cccc(OCc2ccc(-c3cc(OC)ccc3F)c(C(O)C3(C)CC3)c2)c1F. The van der Waals surface area contributed by atoms with E-state index in [2.05, 4.69) is 4.74 Å². The zero-order chi connectivity index (χ0) is 26.7. The lowest BCUT2D eigenvalue weighted by atomic mass is 9.87. The number of esters is 1. The quantitative estimate of drug-likeness (QED) is 0.342. The number of benzene rings is 3. The van der Waals surface area contributed by atoms with Crippen molar-refractivity contribution in [3.63, 3.8) is 0 Å². The van der Waals surface area contributed by atoms with Crippen molar-refractivity contribution in [2.24, 2.45) is 5.41 Å². The molecule has 0 spiro atoms. The first-order valence-electron chi connectivity index (χ1n) is 12.0. The van der Waals surface area contributed by atoms with Crippen molar-refractivity contribution in [2.45, 2.75) is 45.0 Å². The number of methoxy groups -OCH3 is 2. The second kappa shape index (κ2) is 10.9. The molecule has 1 saturated carbocycles. The predicted molar refractivity (Wildman–Crippen MR) is 133 cm³/mol. The van der Waals surface area contributed by atoms with E-state index in [1.807, 2.05) is 6.92 Å². The van der Waals surface area contributed by atoms with Gasteiger partial charge in [0.25, 0.3) is 0 Å². The van der Waals surface area contributed by atoms with Gasteiger partial charge in [-0.2, -0.15) is 0 Å². The van der Waals surface area contributed by atoms with Crippen molar-refractivity contribution < 1.29 is 38.0 Å². The Morgan fingerprint density at radius 1 is 1.00 bits per heavy atom. The topological polar surface area (TPSA) is 85.2 Å². The highest BCUT2D eigenvalue weighted by atomic mass is 19.1. The third-order valence-corrected chi connectivity index (χ3v) is 6.91. The molecule has 2 N–H and O–H groups in total. The highest BCUT2D eigenvalue weighted by molar-refractivity contribution is 5.71. The second-order valence-electron chi connectivity index (χ2n) is 9.57. The zero-order valence-corrected chi connectivity index (χ0v) is 21.0. The molecule has 6 nitrogen and oxygen atoms in total. The Bertz CT molecular complexity index is 1290. The number of carbonyl (C=O) groups excluding carboxylic acids is 1. The first-order valence-corrected chi connectivity index (χ1v) is 12.0. The van der Waals surface area contributed by atoms with Gasteiger partial charge in [0, 0.05) is 11.1 Å². The van der Waals surface area contributed by atoms with Gasteiger partial charge in [0.15, 0.2) is 11.6 Å². The average Bonchev–Trinajstić information content (AvgIpc) is 3.66. The van der Waals surface area contributed by atoms with Crippen molar-refractivity contribution in [1.29, 1.82) is 0 Å². The Morgan fingerprint density at radius 3 is 2.43 bits per heavy atom. The highest BCUT2D eigenvalue weighted by Crippen LogP contribution is 2.55. The molecule has 37 heavy (non-hydrogen) atoms. The number of hydrogen-bond acceptors (Lipinski definition) is 6. The molecule has 1 fully saturated rings. The van der Waals surface area contributed by atoms with Crippen LogP contribution in [0.15, 0.2) is 54.6 Å². The van der Waals surface area contributed by atoms with Crippen molar-refractivity contribution in [3.8, 4) is 22.6 Å². The van der Waals surface area contributed by atoms with E-state index in [0.717, 1.165) is 12.8 Å². The van der Waals surface area contributed by atoms with E-state index in [9.17, 15) is 19.4 Å². The van der Waals surface area contributed by atoms with Gasteiger partial charge >= 0.3 is 5.97 Å². The number of ether oxygens (including phenoxy) is 3. The fraction of sp³-hybridized carbons (Fsp3) is 0.345. The van der Waals surface area contributed by atoms with Gasteiger partial charge in [-0.05, 0) is 65.3 Å². The number of rotatable bonds is 10. The summed E-state index contributed by atoms with van der Waals surface area (Å²) in [7, 11) is 2.69. The molecule has 0 aliphatic heterocycles. The van der Waals surface area contributed by atoms with E-state index < -0.39 is 29.8 Å². The van der Waals surface area contributed by atoms with E-state index in [4.69, 9.17) is 9.47 Å². The van der Waals surface area contributed by atoms with Crippen LogP contribution in [0, 0.1) is 17.0 Å². The van der Waals surface area contributed by atoms with Gasteiger partial charge in [-0.15, -0.1) is 0 Å². The maximum Gasteiger partial charge on any atom is 0.308 e. The van der Waals surface area contributed by atoms with Crippen LogP contribution in [0.2, 0.25) is 0 Å². The van der Waals surface area contributed by atoms with Gasteiger partial charge in [0.1, 0.15) is 18.2 Å². The van der Waals surface area contributed by atoms with Gasteiger partial charge in [-0.3, -0.25) is 4.79 Å². The molecule has 196 valence electrons. The molecule has 1 unspecified atom stereocenters. The lowest BCUT2D eigenvalue weighted by molar-refractivity contribution is -0.142. The average molecular weight is 513 g/mol. The largest absolute Gasteiger partial charge is 0.497 e. The molecule has 0 bridgehead atoms. The third kappa shape index (κ3) is 5.76. The first-order chi connectivity index (χ1) is 17.7. The van der Waals surface area contributed by atoms with E-state index in [0.29, 0.717) is 28.0 Å². The molecule has 3 aromatic carbocycles. The van der Waals surface area contributed by atoms with E-state index in [-0.39, 0.29) is 29.8 Å². The summed E-state index contributed by atoms with van der Waals surface area (Å²) in [5, 5.41) is 21.4. The molecule has 0 aromatic heterocycles. The minimum Gasteiger partial charge on any atom is -0.497 e.